The maximum absolute atomic E-state index is 14.0. The molecule has 5 N–H and O–H groups in total. The second-order valence-electron chi connectivity index (χ2n) is 7.65. The molecule has 0 aromatic heterocycles. The highest BCUT2D eigenvalue weighted by Gasteiger charge is 2.24. The number of benzene rings is 3. The van der Waals surface area contributed by atoms with Crippen LogP contribution in [0.25, 0.3) is 0 Å². The van der Waals surface area contributed by atoms with Gasteiger partial charge < -0.3 is 20.9 Å². The van der Waals surface area contributed by atoms with E-state index in [1.54, 1.807) is 31.2 Å². The highest BCUT2D eigenvalue weighted by molar-refractivity contribution is 6.01. The average Bonchev–Trinajstić information content (AvgIpc) is 2.85. The number of para-hydroxylation sites is 2. The molecule has 0 heterocycles. The van der Waals surface area contributed by atoms with E-state index < -0.39 is 35.6 Å². The van der Waals surface area contributed by atoms with Crippen molar-refractivity contribution < 1.29 is 23.8 Å². The van der Waals surface area contributed by atoms with Crippen molar-refractivity contribution in [2.24, 2.45) is 5.92 Å². The van der Waals surface area contributed by atoms with E-state index in [4.69, 9.17) is 15.7 Å². The number of hydrogen-bond acceptors (Lipinski definition) is 6. The zero-order valence-electron chi connectivity index (χ0n) is 18.7. The number of anilines is 3. The number of aromatic hydroxyl groups is 1. The first-order valence-electron chi connectivity index (χ1n) is 10.6. The Labute approximate surface area is 201 Å². The molecule has 9 heteroatoms. The van der Waals surface area contributed by atoms with Gasteiger partial charge in [0.1, 0.15) is 6.10 Å². The van der Waals surface area contributed by atoms with E-state index >= 15 is 0 Å². The van der Waals surface area contributed by atoms with E-state index in [0.717, 1.165) is 12.1 Å². The summed E-state index contributed by atoms with van der Waals surface area (Å²) in [6.45, 7) is 1.69. The zero-order valence-corrected chi connectivity index (χ0v) is 18.7. The molecule has 178 valence electrons. The lowest BCUT2D eigenvalue weighted by molar-refractivity contribution is -0.111. The van der Waals surface area contributed by atoms with Gasteiger partial charge in [-0.1, -0.05) is 31.2 Å². The third-order valence-corrected chi connectivity index (χ3v) is 5.04. The molecule has 8 nitrogen and oxygen atoms in total. The van der Waals surface area contributed by atoms with Crippen LogP contribution in [0.15, 0.2) is 78.9 Å². The van der Waals surface area contributed by atoms with E-state index in [0.29, 0.717) is 22.6 Å². The van der Waals surface area contributed by atoms with Crippen LogP contribution in [0.2, 0.25) is 0 Å². The first kappa shape index (κ1) is 24.8. The Hall–Kier alpha value is -4.84. The smallest absolute Gasteiger partial charge is 0.412 e. The summed E-state index contributed by atoms with van der Waals surface area (Å²) in [5.41, 5.74) is 7.79. The molecule has 0 aliphatic rings. The number of nitrogens with one attached hydrogen (secondary N) is 2. The second-order valence-corrected chi connectivity index (χ2v) is 7.65. The normalized spacial score (nSPS) is 12.4. The van der Waals surface area contributed by atoms with Gasteiger partial charge in [0.05, 0.1) is 23.0 Å². The van der Waals surface area contributed by atoms with Crippen molar-refractivity contribution in [3.63, 3.8) is 0 Å². The summed E-state index contributed by atoms with van der Waals surface area (Å²) in [7, 11) is 0. The summed E-state index contributed by atoms with van der Waals surface area (Å²) in [5.74, 6) is -2.44. The van der Waals surface area contributed by atoms with Crippen LogP contribution in [0.1, 0.15) is 24.2 Å². The van der Waals surface area contributed by atoms with Crippen LogP contribution in [-0.4, -0.2) is 17.1 Å². The number of nitrogen functional groups attached to an aromatic ring is 1. The second kappa shape index (κ2) is 11.3. The highest BCUT2D eigenvalue weighted by atomic mass is 19.1. The molecule has 0 saturated heterocycles. The number of nitriles is 1. The molecule has 0 saturated carbocycles. The van der Waals surface area contributed by atoms with E-state index in [1.165, 1.54) is 42.5 Å². The number of carbonyl (C=O) groups excluding carboxylic acids is 2. The monoisotopic (exact) mass is 474 g/mol. The zero-order chi connectivity index (χ0) is 25.4. The molecule has 3 rings (SSSR count). The molecule has 0 aliphatic heterocycles. The molecule has 2 atom stereocenters. The van der Waals surface area contributed by atoms with E-state index in [1.807, 2.05) is 6.07 Å². The number of amides is 2. The first-order valence-corrected chi connectivity index (χ1v) is 10.6. The van der Waals surface area contributed by atoms with Crippen LogP contribution >= 0.6 is 0 Å². The molecule has 3 aromatic rings. The van der Waals surface area contributed by atoms with Crippen molar-refractivity contribution >= 4 is 29.1 Å². The number of rotatable bonds is 7. The van der Waals surface area contributed by atoms with Crippen LogP contribution in [0, 0.1) is 23.1 Å². The van der Waals surface area contributed by atoms with Crippen LogP contribution in [0.5, 0.6) is 5.75 Å². The predicted molar refractivity (Wildman–Crippen MR) is 130 cm³/mol. The highest BCUT2D eigenvalue weighted by Crippen LogP contribution is 2.30. The minimum atomic E-state index is -0.991. The molecule has 35 heavy (non-hydrogen) atoms. The van der Waals surface area contributed by atoms with Crippen molar-refractivity contribution in [1.29, 1.82) is 5.26 Å². The molecule has 0 aliphatic carbocycles. The number of halogens is 1. The summed E-state index contributed by atoms with van der Waals surface area (Å²) in [5, 5.41) is 23.6. The van der Waals surface area contributed by atoms with Gasteiger partial charge in [0.15, 0.2) is 11.6 Å². The van der Waals surface area contributed by atoms with Crippen LogP contribution in [0.3, 0.4) is 0 Å². The van der Waals surface area contributed by atoms with Crippen LogP contribution in [-0.2, 0) is 9.53 Å². The molecule has 0 unspecified atom stereocenters. The Morgan fingerprint density at radius 3 is 2.49 bits per heavy atom. The quantitative estimate of drug-likeness (QED) is 0.277. The molecule has 0 bridgehead atoms. The van der Waals surface area contributed by atoms with Gasteiger partial charge >= 0.3 is 6.09 Å². The SMILES string of the molecule is C[C@@H](/C=C/C(=O)Nc1ccccc1N)[C@H](OC(=O)Nc1ccc(C#N)cc1)c1ccc(O)c(F)c1. The lowest BCUT2D eigenvalue weighted by atomic mass is 9.96. The lowest BCUT2D eigenvalue weighted by Gasteiger charge is -2.23. The summed E-state index contributed by atoms with van der Waals surface area (Å²) >= 11 is 0. The number of carbonyl (C=O) groups is 2. The minimum absolute atomic E-state index is 0.278. The number of nitrogens with two attached hydrogens (primary N) is 1. The first-order chi connectivity index (χ1) is 16.8. The Balaban J connectivity index is 1.76. The van der Waals surface area contributed by atoms with Gasteiger partial charge in [-0.05, 0) is 60.2 Å². The standard InChI is InChI=1S/C26H23FN4O4/c1-16(6-13-24(33)31-22-5-3-2-4-21(22)29)25(18-9-12-23(32)20(27)14-18)35-26(34)30-19-10-7-17(15-28)8-11-19/h2-14,16,25,32H,29H2,1H3,(H,30,34)(H,31,33)/b13-6+/t16-,25-/m0/s1. The average molecular weight is 474 g/mol. The Bertz CT molecular complexity index is 1290. The van der Waals surface area contributed by atoms with Crippen molar-refractivity contribution in [2.75, 3.05) is 16.4 Å². The van der Waals surface area contributed by atoms with Crippen LogP contribution in [0.4, 0.5) is 26.2 Å². The molecular weight excluding hydrogens is 451 g/mol. The number of hydrogen-bond donors (Lipinski definition) is 4. The fourth-order valence-electron chi connectivity index (χ4n) is 3.20. The molecule has 0 radical (unpaired) electrons. The Kier molecular flexibility index (Phi) is 8.03. The van der Waals surface area contributed by atoms with Gasteiger partial charge in [-0.15, -0.1) is 0 Å². The van der Waals surface area contributed by atoms with Gasteiger partial charge in [-0.25, -0.2) is 9.18 Å². The van der Waals surface area contributed by atoms with Crippen molar-refractivity contribution in [3.05, 3.63) is 95.8 Å². The van der Waals surface area contributed by atoms with Gasteiger partial charge in [0.2, 0.25) is 5.91 Å². The number of ether oxygens (including phenoxy) is 1. The third-order valence-electron chi connectivity index (χ3n) is 5.04. The van der Waals surface area contributed by atoms with Crippen molar-refractivity contribution in [3.8, 4) is 11.8 Å². The number of phenolic OH excluding ortho intramolecular Hbond substituents is 1. The van der Waals surface area contributed by atoms with Gasteiger partial charge in [-0.2, -0.15) is 5.26 Å². The summed E-state index contributed by atoms with van der Waals surface area (Å²) in [6.07, 6.45) is 0.964. The maximum atomic E-state index is 14.0. The van der Waals surface area contributed by atoms with E-state index in [-0.39, 0.29) is 5.56 Å². The number of nitrogens with zero attached hydrogens (tertiary/aromatic N) is 1. The Morgan fingerprint density at radius 2 is 1.83 bits per heavy atom. The molecule has 3 aromatic carbocycles. The predicted octanol–water partition coefficient (Wildman–Crippen LogP) is 5.11. The van der Waals surface area contributed by atoms with E-state index in [9.17, 15) is 19.1 Å². The number of phenols is 1. The summed E-state index contributed by atoms with van der Waals surface area (Å²) in [4.78, 5) is 24.9. The van der Waals surface area contributed by atoms with Crippen LogP contribution < -0.4 is 16.4 Å². The fourth-order valence-corrected chi connectivity index (χ4v) is 3.20. The summed E-state index contributed by atoms with van der Waals surface area (Å²) < 4.78 is 19.6. The molecule has 2 amide bonds. The maximum Gasteiger partial charge on any atom is 0.412 e. The van der Waals surface area contributed by atoms with Gasteiger partial charge in [0, 0.05) is 11.6 Å². The van der Waals surface area contributed by atoms with Crippen molar-refractivity contribution in [1.82, 2.24) is 0 Å². The topological polar surface area (TPSA) is 137 Å². The largest absolute Gasteiger partial charge is 0.505 e. The third kappa shape index (κ3) is 6.82. The van der Waals surface area contributed by atoms with Gasteiger partial charge in [0.25, 0.3) is 0 Å². The molecular formula is C26H23FN4O4. The molecule has 0 fully saturated rings. The summed E-state index contributed by atoms with van der Waals surface area (Å²) in [6, 6.07) is 18.5. The minimum Gasteiger partial charge on any atom is -0.505 e. The van der Waals surface area contributed by atoms with Crippen molar-refractivity contribution in [2.45, 2.75) is 13.0 Å². The molecule has 0 spiro atoms. The Morgan fingerprint density at radius 1 is 1.11 bits per heavy atom. The van der Waals surface area contributed by atoms with E-state index in [2.05, 4.69) is 10.6 Å². The van der Waals surface area contributed by atoms with Gasteiger partial charge in [-0.3, -0.25) is 10.1 Å². The lowest BCUT2D eigenvalue weighted by Crippen LogP contribution is -2.21. The fraction of sp³-hybridized carbons (Fsp3) is 0.115.